The molecule has 0 bridgehead atoms. The van der Waals surface area contributed by atoms with Gasteiger partial charge in [0.25, 0.3) is 5.91 Å². The molecule has 0 aliphatic carbocycles. The van der Waals surface area contributed by atoms with E-state index in [-0.39, 0.29) is 24.5 Å². The standard InChI is InChI=1S/C17H17N7O6S3/c1-8-19-20-17(33-8)32-7-9-6-31-15-12(14(26)23(15)13(9)16(27)28)18-11(25)3-5-22-4-2-10(21-22)24(29)30/h2,4,12,15H,3,5-7H2,1H3,(H,18,25)(H,27,28)/t12-,15+/m1/s1. The van der Waals surface area contributed by atoms with Gasteiger partial charge in [-0.3, -0.25) is 14.5 Å². The highest BCUT2D eigenvalue weighted by Gasteiger charge is 2.54. The lowest BCUT2D eigenvalue weighted by atomic mass is 10.0. The van der Waals surface area contributed by atoms with Gasteiger partial charge >= 0.3 is 11.8 Å². The number of aryl methyl sites for hydroxylation is 2. The highest BCUT2D eigenvalue weighted by atomic mass is 32.2. The molecule has 4 rings (SSSR count). The second-order valence-electron chi connectivity index (χ2n) is 7.03. The quantitative estimate of drug-likeness (QED) is 0.212. The Morgan fingerprint density at radius 1 is 1.42 bits per heavy atom. The molecule has 2 aromatic heterocycles. The number of aliphatic carboxylic acids is 1. The Balaban J connectivity index is 1.36. The van der Waals surface area contributed by atoms with Crippen molar-refractivity contribution in [2.75, 3.05) is 11.5 Å². The SMILES string of the molecule is Cc1nnc(SCC2=C(C(=O)O)N3C(=O)[C@@H](NC(=O)CCn4ccc([N+](=O)[O-])n4)[C@@H]3SC2)s1. The van der Waals surface area contributed by atoms with Crippen LogP contribution in [0.1, 0.15) is 11.4 Å². The van der Waals surface area contributed by atoms with E-state index in [1.807, 2.05) is 6.92 Å². The summed E-state index contributed by atoms with van der Waals surface area (Å²) in [6, 6.07) is 0.398. The van der Waals surface area contributed by atoms with Crippen LogP contribution in [0.5, 0.6) is 0 Å². The average molecular weight is 512 g/mol. The van der Waals surface area contributed by atoms with Crippen molar-refractivity contribution in [3.63, 3.8) is 0 Å². The molecule has 13 nitrogen and oxygen atoms in total. The smallest absolute Gasteiger partial charge is 0.389 e. The zero-order chi connectivity index (χ0) is 23.7. The lowest BCUT2D eigenvalue weighted by molar-refractivity contribution is -0.389. The number of rotatable bonds is 9. The maximum absolute atomic E-state index is 12.7. The van der Waals surface area contributed by atoms with E-state index >= 15 is 0 Å². The summed E-state index contributed by atoms with van der Waals surface area (Å²) in [6.07, 6.45) is 1.36. The Morgan fingerprint density at radius 3 is 2.85 bits per heavy atom. The largest absolute Gasteiger partial charge is 0.477 e. The molecule has 0 unspecified atom stereocenters. The van der Waals surface area contributed by atoms with E-state index in [0.717, 1.165) is 9.35 Å². The number of carboxylic acid groups (broad SMARTS) is 1. The molecule has 2 N–H and O–H groups in total. The third-order valence-corrected chi connectivity index (χ3v) is 8.22. The van der Waals surface area contributed by atoms with E-state index < -0.39 is 34.1 Å². The number of β-lactam (4-membered cyclic amide) rings is 1. The number of carboxylic acids is 1. The number of thioether (sulfide) groups is 2. The zero-order valence-electron chi connectivity index (χ0n) is 17.0. The van der Waals surface area contributed by atoms with Crippen LogP contribution >= 0.6 is 34.9 Å². The number of carbonyl (C=O) groups is 3. The van der Waals surface area contributed by atoms with Gasteiger partial charge in [-0.05, 0) is 17.4 Å². The van der Waals surface area contributed by atoms with Crippen LogP contribution in [0.2, 0.25) is 0 Å². The van der Waals surface area contributed by atoms with Crippen LogP contribution in [0.15, 0.2) is 27.9 Å². The van der Waals surface area contributed by atoms with Gasteiger partial charge in [0.1, 0.15) is 22.1 Å². The molecule has 0 radical (unpaired) electrons. The fourth-order valence-electron chi connectivity index (χ4n) is 3.31. The van der Waals surface area contributed by atoms with Crippen molar-refractivity contribution >= 4 is 58.5 Å². The highest BCUT2D eigenvalue weighted by Crippen LogP contribution is 2.41. The number of hydrogen-bond donors (Lipinski definition) is 2. The van der Waals surface area contributed by atoms with Crippen molar-refractivity contribution < 1.29 is 24.4 Å². The number of carbonyl (C=O) groups excluding carboxylic acids is 2. The molecule has 16 heteroatoms. The predicted molar refractivity (Wildman–Crippen MR) is 119 cm³/mol. The first kappa shape index (κ1) is 23.2. The van der Waals surface area contributed by atoms with Crippen molar-refractivity contribution in [3.8, 4) is 0 Å². The number of aromatic nitrogens is 4. The summed E-state index contributed by atoms with van der Waals surface area (Å²) in [5, 5.41) is 35.0. The van der Waals surface area contributed by atoms with Gasteiger partial charge in [0.2, 0.25) is 5.91 Å². The Labute approximate surface area is 198 Å². The molecular formula is C17H17N7O6S3. The van der Waals surface area contributed by atoms with Crippen LogP contribution in [0.25, 0.3) is 0 Å². The minimum absolute atomic E-state index is 0.0369. The zero-order valence-corrected chi connectivity index (χ0v) is 19.5. The molecule has 174 valence electrons. The van der Waals surface area contributed by atoms with Gasteiger partial charge in [-0.15, -0.1) is 22.0 Å². The molecule has 0 spiro atoms. The summed E-state index contributed by atoms with van der Waals surface area (Å²) in [4.78, 5) is 48.2. The first-order valence-electron chi connectivity index (χ1n) is 9.54. The monoisotopic (exact) mass is 511 g/mol. The molecule has 1 saturated heterocycles. The summed E-state index contributed by atoms with van der Waals surface area (Å²) in [6.45, 7) is 1.94. The van der Waals surface area contributed by atoms with Gasteiger partial charge in [0.15, 0.2) is 4.34 Å². The van der Waals surface area contributed by atoms with E-state index in [1.165, 1.54) is 56.7 Å². The first-order valence-corrected chi connectivity index (χ1v) is 12.4. The second kappa shape index (κ2) is 9.48. The summed E-state index contributed by atoms with van der Waals surface area (Å²) >= 11 is 4.17. The summed E-state index contributed by atoms with van der Waals surface area (Å²) < 4.78 is 2.00. The summed E-state index contributed by atoms with van der Waals surface area (Å²) in [7, 11) is 0. The molecule has 4 heterocycles. The Bertz CT molecular complexity index is 1160. The van der Waals surface area contributed by atoms with Crippen LogP contribution in [-0.2, 0) is 20.9 Å². The lowest BCUT2D eigenvalue weighted by Crippen LogP contribution is -2.70. The van der Waals surface area contributed by atoms with Gasteiger partial charge in [-0.25, -0.2) is 4.79 Å². The lowest BCUT2D eigenvalue weighted by Gasteiger charge is -2.49. The molecule has 33 heavy (non-hydrogen) atoms. The van der Waals surface area contributed by atoms with Gasteiger partial charge in [-0.1, -0.05) is 23.1 Å². The van der Waals surface area contributed by atoms with Crippen molar-refractivity contribution in [3.05, 3.63) is 38.7 Å². The molecular weight excluding hydrogens is 494 g/mol. The molecule has 2 aromatic rings. The Hall–Kier alpha value is -2.98. The topological polar surface area (TPSA) is 173 Å². The van der Waals surface area contributed by atoms with Gasteiger partial charge in [0, 0.05) is 17.9 Å². The number of amides is 2. The number of nitrogens with one attached hydrogen (secondary N) is 1. The van der Waals surface area contributed by atoms with Crippen LogP contribution in [-0.4, -0.2) is 75.6 Å². The molecule has 1 fully saturated rings. The fraction of sp³-hybridized carbons (Fsp3) is 0.412. The maximum Gasteiger partial charge on any atom is 0.389 e. The van der Waals surface area contributed by atoms with Crippen LogP contribution < -0.4 is 5.32 Å². The average Bonchev–Trinajstić information content (AvgIpc) is 3.42. The maximum atomic E-state index is 12.7. The van der Waals surface area contributed by atoms with E-state index in [1.54, 1.807) is 0 Å². The van der Waals surface area contributed by atoms with Gasteiger partial charge in [-0.2, -0.15) is 4.68 Å². The summed E-state index contributed by atoms with van der Waals surface area (Å²) in [5.74, 6) is -1.65. The van der Waals surface area contributed by atoms with Crippen LogP contribution in [0.3, 0.4) is 0 Å². The number of fused-ring (bicyclic) bond motifs is 1. The minimum Gasteiger partial charge on any atom is -0.477 e. The van der Waals surface area contributed by atoms with E-state index in [9.17, 15) is 29.6 Å². The molecule has 0 saturated carbocycles. The summed E-state index contributed by atoms with van der Waals surface area (Å²) in [5.41, 5.74) is 0.562. The third-order valence-electron chi connectivity index (χ3n) is 4.83. The van der Waals surface area contributed by atoms with E-state index in [4.69, 9.17) is 0 Å². The Kier molecular flexibility index (Phi) is 6.66. The molecule has 2 atom stereocenters. The van der Waals surface area contributed by atoms with Gasteiger partial charge < -0.3 is 20.5 Å². The normalized spacial score (nSPS) is 19.8. The molecule has 2 amide bonds. The molecule has 2 aliphatic heterocycles. The predicted octanol–water partition coefficient (Wildman–Crippen LogP) is 0.872. The molecule has 0 aromatic carbocycles. The van der Waals surface area contributed by atoms with E-state index in [2.05, 4.69) is 20.6 Å². The van der Waals surface area contributed by atoms with Crippen molar-refractivity contribution in [2.45, 2.75) is 35.6 Å². The van der Waals surface area contributed by atoms with Crippen molar-refractivity contribution in [2.24, 2.45) is 0 Å². The number of hydrogen-bond acceptors (Lipinski definition) is 11. The second-order valence-corrected chi connectivity index (χ2v) is 10.5. The number of nitrogens with zero attached hydrogens (tertiary/aromatic N) is 6. The molecule has 2 aliphatic rings. The fourth-order valence-corrected chi connectivity index (χ4v) is 6.62. The first-order chi connectivity index (χ1) is 15.7. The third kappa shape index (κ3) is 4.86. The Morgan fingerprint density at radius 2 is 2.21 bits per heavy atom. The van der Waals surface area contributed by atoms with Crippen LogP contribution in [0, 0.1) is 17.0 Å². The minimum atomic E-state index is -1.19. The van der Waals surface area contributed by atoms with E-state index in [0.29, 0.717) is 17.1 Å². The highest BCUT2D eigenvalue weighted by molar-refractivity contribution is 8.01. The van der Waals surface area contributed by atoms with Crippen LogP contribution in [0.4, 0.5) is 5.82 Å². The van der Waals surface area contributed by atoms with Crippen molar-refractivity contribution in [1.29, 1.82) is 0 Å². The van der Waals surface area contributed by atoms with Crippen molar-refractivity contribution in [1.82, 2.24) is 30.2 Å². The van der Waals surface area contributed by atoms with Gasteiger partial charge in [0.05, 0.1) is 23.9 Å². The number of nitro groups is 1.